The van der Waals surface area contributed by atoms with Crippen LogP contribution in [0, 0.1) is 0 Å². The van der Waals surface area contributed by atoms with Crippen molar-refractivity contribution in [2.45, 2.75) is 13.0 Å². The van der Waals surface area contributed by atoms with Gasteiger partial charge in [0.2, 0.25) is 0 Å². The first-order valence-corrected chi connectivity index (χ1v) is 5.41. The number of tetrazole rings is 1. The van der Waals surface area contributed by atoms with E-state index in [-0.39, 0.29) is 0 Å². The van der Waals surface area contributed by atoms with Crippen molar-refractivity contribution in [1.82, 2.24) is 20.2 Å². The van der Waals surface area contributed by atoms with Gasteiger partial charge in [-0.05, 0) is 35.5 Å². The van der Waals surface area contributed by atoms with Crippen LogP contribution in [0.5, 0.6) is 0 Å². The van der Waals surface area contributed by atoms with Gasteiger partial charge in [-0.1, -0.05) is 23.7 Å². The summed E-state index contributed by atoms with van der Waals surface area (Å²) in [6.45, 7) is 1.33. The van der Waals surface area contributed by atoms with E-state index in [1.165, 1.54) is 0 Å². The minimum absolute atomic E-state index is 0.620. The molecule has 0 atom stereocenters. The van der Waals surface area contributed by atoms with E-state index in [0.29, 0.717) is 18.1 Å². The van der Waals surface area contributed by atoms with Crippen LogP contribution in [-0.4, -0.2) is 26.8 Å². The minimum Gasteiger partial charge on any atom is -0.330 e. The summed E-state index contributed by atoms with van der Waals surface area (Å²) in [6, 6.07) is 7.46. The van der Waals surface area contributed by atoms with E-state index >= 15 is 0 Å². The van der Waals surface area contributed by atoms with Gasteiger partial charge in [0.05, 0.1) is 0 Å². The van der Waals surface area contributed by atoms with Crippen LogP contribution in [0.2, 0.25) is 5.02 Å². The molecule has 0 aliphatic carbocycles. The molecule has 0 amide bonds. The summed E-state index contributed by atoms with van der Waals surface area (Å²) in [5.41, 5.74) is 6.37. The van der Waals surface area contributed by atoms with Gasteiger partial charge in [-0.25, -0.2) is 4.68 Å². The lowest BCUT2D eigenvalue weighted by Gasteiger charge is -2.03. The van der Waals surface area contributed by atoms with Crippen LogP contribution in [0.3, 0.4) is 0 Å². The molecule has 6 heteroatoms. The average molecular weight is 238 g/mol. The Morgan fingerprint density at radius 2 is 2.25 bits per heavy atom. The van der Waals surface area contributed by atoms with Crippen molar-refractivity contribution in [1.29, 1.82) is 0 Å². The quantitative estimate of drug-likeness (QED) is 0.871. The maximum absolute atomic E-state index is 5.92. The summed E-state index contributed by atoms with van der Waals surface area (Å²) < 4.78 is 1.73. The van der Waals surface area contributed by atoms with Gasteiger partial charge < -0.3 is 5.73 Å². The molecule has 1 aromatic heterocycles. The third-order valence-electron chi connectivity index (χ3n) is 2.19. The summed E-state index contributed by atoms with van der Waals surface area (Å²) >= 11 is 5.92. The Morgan fingerprint density at radius 3 is 3.00 bits per heavy atom. The van der Waals surface area contributed by atoms with Gasteiger partial charge in [-0.3, -0.25) is 0 Å². The van der Waals surface area contributed by atoms with Gasteiger partial charge in [-0.15, -0.1) is 5.10 Å². The molecule has 2 N–H and O–H groups in total. The lowest BCUT2D eigenvalue weighted by molar-refractivity contribution is 0.568. The number of aryl methyl sites for hydroxylation is 1. The molecule has 0 aliphatic heterocycles. The molecule has 0 bridgehead atoms. The van der Waals surface area contributed by atoms with E-state index < -0.39 is 0 Å². The second kappa shape index (κ2) is 5.05. The van der Waals surface area contributed by atoms with Gasteiger partial charge in [0, 0.05) is 17.1 Å². The number of hydrogen-bond donors (Lipinski definition) is 1. The molecule has 1 aromatic carbocycles. The normalized spacial score (nSPS) is 10.6. The Labute approximate surface area is 98.2 Å². The molecule has 5 nitrogen and oxygen atoms in total. The standard InChI is InChI=1S/C10H12ClN5/c11-9-4-1-3-8(7-9)10-13-14-15-16(10)6-2-5-12/h1,3-4,7H,2,5-6,12H2. The maximum Gasteiger partial charge on any atom is 0.182 e. The fraction of sp³-hybridized carbons (Fsp3) is 0.300. The second-order valence-corrected chi connectivity index (χ2v) is 3.81. The van der Waals surface area contributed by atoms with Crippen molar-refractivity contribution in [2.75, 3.05) is 6.54 Å². The Bertz CT molecular complexity index is 468. The third kappa shape index (κ3) is 2.37. The Kier molecular flexibility index (Phi) is 3.48. The second-order valence-electron chi connectivity index (χ2n) is 3.38. The molecule has 2 aromatic rings. The van der Waals surface area contributed by atoms with Crippen LogP contribution in [0.4, 0.5) is 0 Å². The molecule has 84 valence electrons. The summed E-state index contributed by atoms with van der Waals surface area (Å²) in [5.74, 6) is 0.718. The number of aromatic nitrogens is 4. The van der Waals surface area contributed by atoms with Crippen LogP contribution in [0.15, 0.2) is 24.3 Å². The first kappa shape index (κ1) is 11.0. The van der Waals surface area contributed by atoms with Crippen molar-refractivity contribution in [2.24, 2.45) is 5.73 Å². The highest BCUT2D eigenvalue weighted by atomic mass is 35.5. The monoisotopic (exact) mass is 237 g/mol. The first-order valence-electron chi connectivity index (χ1n) is 5.03. The maximum atomic E-state index is 5.92. The lowest BCUT2D eigenvalue weighted by atomic mass is 10.2. The van der Waals surface area contributed by atoms with Crippen molar-refractivity contribution in [3.63, 3.8) is 0 Å². The summed E-state index contributed by atoms with van der Waals surface area (Å²) in [6.07, 6.45) is 0.846. The highest BCUT2D eigenvalue weighted by Crippen LogP contribution is 2.19. The molecule has 0 radical (unpaired) electrons. The summed E-state index contributed by atoms with van der Waals surface area (Å²) in [5, 5.41) is 12.2. The zero-order valence-corrected chi connectivity index (χ0v) is 9.43. The summed E-state index contributed by atoms with van der Waals surface area (Å²) in [7, 11) is 0. The van der Waals surface area contributed by atoms with E-state index in [0.717, 1.165) is 17.8 Å². The SMILES string of the molecule is NCCCn1nnnc1-c1cccc(Cl)c1. The number of nitrogens with zero attached hydrogens (tertiary/aromatic N) is 4. The largest absolute Gasteiger partial charge is 0.330 e. The number of halogens is 1. The molecular formula is C10H12ClN5. The van der Waals surface area contributed by atoms with E-state index in [4.69, 9.17) is 17.3 Å². The van der Waals surface area contributed by atoms with Gasteiger partial charge in [0.25, 0.3) is 0 Å². The van der Waals surface area contributed by atoms with Crippen LogP contribution in [0.1, 0.15) is 6.42 Å². The molecule has 0 saturated carbocycles. The molecule has 0 fully saturated rings. The van der Waals surface area contributed by atoms with Crippen LogP contribution in [0.25, 0.3) is 11.4 Å². The van der Waals surface area contributed by atoms with Crippen LogP contribution >= 0.6 is 11.6 Å². The smallest absolute Gasteiger partial charge is 0.182 e. The molecule has 0 spiro atoms. The van der Waals surface area contributed by atoms with E-state index in [2.05, 4.69) is 15.5 Å². The molecule has 0 unspecified atom stereocenters. The Balaban J connectivity index is 2.29. The minimum atomic E-state index is 0.620. The van der Waals surface area contributed by atoms with E-state index in [9.17, 15) is 0 Å². The third-order valence-corrected chi connectivity index (χ3v) is 2.42. The first-order chi connectivity index (χ1) is 7.81. The van der Waals surface area contributed by atoms with E-state index in [1.807, 2.05) is 24.3 Å². The van der Waals surface area contributed by atoms with Crippen molar-refractivity contribution >= 4 is 11.6 Å². The van der Waals surface area contributed by atoms with Crippen molar-refractivity contribution in [3.8, 4) is 11.4 Å². The van der Waals surface area contributed by atoms with Crippen LogP contribution in [-0.2, 0) is 6.54 Å². The van der Waals surface area contributed by atoms with Gasteiger partial charge in [0.15, 0.2) is 5.82 Å². The fourth-order valence-electron chi connectivity index (χ4n) is 1.43. The predicted octanol–water partition coefficient (Wildman–Crippen LogP) is 1.34. The molecule has 2 rings (SSSR count). The van der Waals surface area contributed by atoms with Gasteiger partial charge in [0.1, 0.15) is 0 Å². The highest BCUT2D eigenvalue weighted by molar-refractivity contribution is 6.30. The van der Waals surface area contributed by atoms with Gasteiger partial charge >= 0.3 is 0 Å². The average Bonchev–Trinajstić information content (AvgIpc) is 2.74. The molecular weight excluding hydrogens is 226 g/mol. The zero-order valence-electron chi connectivity index (χ0n) is 8.67. The summed E-state index contributed by atoms with van der Waals surface area (Å²) in [4.78, 5) is 0. The number of nitrogens with two attached hydrogens (primary N) is 1. The van der Waals surface area contributed by atoms with E-state index in [1.54, 1.807) is 4.68 Å². The molecule has 1 heterocycles. The van der Waals surface area contributed by atoms with Crippen molar-refractivity contribution < 1.29 is 0 Å². The highest BCUT2D eigenvalue weighted by Gasteiger charge is 2.08. The molecule has 0 saturated heterocycles. The fourth-order valence-corrected chi connectivity index (χ4v) is 1.62. The molecule has 16 heavy (non-hydrogen) atoms. The van der Waals surface area contributed by atoms with Crippen molar-refractivity contribution in [3.05, 3.63) is 29.3 Å². The van der Waals surface area contributed by atoms with Gasteiger partial charge in [-0.2, -0.15) is 0 Å². The lowest BCUT2D eigenvalue weighted by Crippen LogP contribution is -2.08. The number of rotatable bonds is 4. The number of benzene rings is 1. The predicted molar refractivity (Wildman–Crippen MR) is 61.9 cm³/mol. The Hall–Kier alpha value is -1.46. The van der Waals surface area contributed by atoms with Crippen LogP contribution < -0.4 is 5.73 Å². The topological polar surface area (TPSA) is 69.6 Å². The Morgan fingerprint density at radius 1 is 1.38 bits per heavy atom. The number of hydrogen-bond acceptors (Lipinski definition) is 4. The zero-order chi connectivity index (χ0) is 11.4. The molecule has 0 aliphatic rings.